The second-order valence-electron chi connectivity index (χ2n) is 5.93. The largest absolute Gasteiger partial charge is 0.347 e. The summed E-state index contributed by atoms with van der Waals surface area (Å²) < 4.78 is 15.9. The van der Waals surface area contributed by atoms with Gasteiger partial charge in [0.15, 0.2) is 0 Å². The molecule has 130 valence electrons. The Labute approximate surface area is 153 Å². The van der Waals surface area contributed by atoms with E-state index >= 15 is 0 Å². The summed E-state index contributed by atoms with van der Waals surface area (Å²) in [5.41, 5.74) is 2.68. The van der Waals surface area contributed by atoms with Crippen LogP contribution < -0.4 is 5.32 Å². The van der Waals surface area contributed by atoms with Crippen LogP contribution in [0, 0.1) is 5.82 Å². The molecule has 0 spiro atoms. The first kappa shape index (κ1) is 16.4. The number of aryl methyl sites for hydroxylation is 1. The van der Waals surface area contributed by atoms with E-state index in [9.17, 15) is 9.18 Å². The zero-order valence-corrected chi connectivity index (χ0v) is 14.8. The monoisotopic (exact) mass is 366 g/mol. The number of aromatic nitrogens is 3. The van der Waals surface area contributed by atoms with E-state index in [0.717, 1.165) is 26.9 Å². The summed E-state index contributed by atoms with van der Waals surface area (Å²) in [4.78, 5) is 17.3. The van der Waals surface area contributed by atoms with Crippen molar-refractivity contribution in [3.63, 3.8) is 0 Å². The standard InChI is InChI=1S/C19H15FN4OS/c1-24-11-14(10-23-24)16-4-2-12(8-21-16)9-22-19(25)18-7-13-6-15(20)3-5-17(13)26-18/h2-8,10-11H,9H2,1H3,(H,22,25). The van der Waals surface area contributed by atoms with Crippen molar-refractivity contribution in [1.82, 2.24) is 20.1 Å². The Kier molecular flexibility index (Phi) is 4.22. The molecule has 1 N–H and O–H groups in total. The maximum atomic E-state index is 13.3. The Morgan fingerprint density at radius 1 is 1.23 bits per heavy atom. The molecule has 0 bridgehead atoms. The van der Waals surface area contributed by atoms with E-state index in [-0.39, 0.29) is 11.7 Å². The fraction of sp³-hybridized carbons (Fsp3) is 0.105. The molecule has 4 rings (SSSR count). The third-order valence-electron chi connectivity index (χ3n) is 3.98. The Balaban J connectivity index is 1.43. The van der Waals surface area contributed by atoms with Gasteiger partial charge in [-0.3, -0.25) is 14.5 Å². The highest BCUT2D eigenvalue weighted by Crippen LogP contribution is 2.26. The van der Waals surface area contributed by atoms with Gasteiger partial charge in [-0.15, -0.1) is 11.3 Å². The molecule has 0 aliphatic heterocycles. The van der Waals surface area contributed by atoms with E-state index in [1.54, 1.807) is 29.2 Å². The van der Waals surface area contributed by atoms with Gasteiger partial charge in [0.1, 0.15) is 5.82 Å². The smallest absolute Gasteiger partial charge is 0.261 e. The van der Waals surface area contributed by atoms with Crippen LogP contribution in [0.5, 0.6) is 0 Å². The van der Waals surface area contributed by atoms with Crippen molar-refractivity contribution in [2.24, 2.45) is 7.05 Å². The van der Waals surface area contributed by atoms with Crippen LogP contribution in [-0.4, -0.2) is 20.7 Å². The predicted molar refractivity (Wildman–Crippen MR) is 99.4 cm³/mol. The van der Waals surface area contributed by atoms with E-state index in [1.807, 2.05) is 25.4 Å². The van der Waals surface area contributed by atoms with Crippen molar-refractivity contribution in [3.05, 3.63) is 71.2 Å². The van der Waals surface area contributed by atoms with Gasteiger partial charge in [0.2, 0.25) is 0 Å². The molecule has 7 heteroatoms. The Morgan fingerprint density at radius 2 is 2.12 bits per heavy atom. The van der Waals surface area contributed by atoms with E-state index in [2.05, 4.69) is 15.4 Å². The van der Waals surface area contributed by atoms with Crippen molar-refractivity contribution in [1.29, 1.82) is 0 Å². The van der Waals surface area contributed by atoms with Crippen molar-refractivity contribution in [3.8, 4) is 11.3 Å². The summed E-state index contributed by atoms with van der Waals surface area (Å²) in [5, 5.41) is 7.74. The van der Waals surface area contributed by atoms with Crippen LogP contribution in [0.2, 0.25) is 0 Å². The summed E-state index contributed by atoms with van der Waals surface area (Å²) in [6.07, 6.45) is 5.39. The molecule has 26 heavy (non-hydrogen) atoms. The molecule has 0 fully saturated rings. The molecule has 0 saturated heterocycles. The van der Waals surface area contributed by atoms with Crippen molar-refractivity contribution in [2.75, 3.05) is 0 Å². The number of thiophene rings is 1. The minimum Gasteiger partial charge on any atom is -0.347 e. The van der Waals surface area contributed by atoms with Gasteiger partial charge in [0.05, 0.1) is 16.8 Å². The Bertz CT molecular complexity index is 1080. The third kappa shape index (κ3) is 3.34. The van der Waals surface area contributed by atoms with E-state index < -0.39 is 0 Å². The molecule has 3 aromatic heterocycles. The molecule has 0 aliphatic rings. The van der Waals surface area contributed by atoms with Gasteiger partial charge in [0, 0.05) is 36.2 Å². The van der Waals surface area contributed by atoms with Crippen LogP contribution in [0.1, 0.15) is 15.2 Å². The van der Waals surface area contributed by atoms with Gasteiger partial charge in [0.25, 0.3) is 5.91 Å². The van der Waals surface area contributed by atoms with Gasteiger partial charge >= 0.3 is 0 Å². The van der Waals surface area contributed by atoms with Crippen LogP contribution >= 0.6 is 11.3 Å². The SMILES string of the molecule is Cn1cc(-c2ccc(CNC(=O)c3cc4cc(F)ccc4s3)cn2)cn1. The Morgan fingerprint density at radius 3 is 2.85 bits per heavy atom. The summed E-state index contributed by atoms with van der Waals surface area (Å²) >= 11 is 1.35. The first-order valence-corrected chi connectivity index (χ1v) is 8.81. The number of carbonyl (C=O) groups is 1. The van der Waals surface area contributed by atoms with Crippen LogP contribution in [0.3, 0.4) is 0 Å². The number of rotatable bonds is 4. The molecule has 0 saturated carbocycles. The molecule has 3 heterocycles. The lowest BCUT2D eigenvalue weighted by molar-refractivity contribution is 0.0955. The molecule has 4 aromatic rings. The number of pyridine rings is 1. The lowest BCUT2D eigenvalue weighted by Crippen LogP contribution is -2.21. The van der Waals surface area contributed by atoms with Gasteiger partial charge in [-0.05, 0) is 41.3 Å². The number of hydrogen-bond acceptors (Lipinski definition) is 4. The second kappa shape index (κ2) is 6.68. The van der Waals surface area contributed by atoms with E-state index in [1.165, 1.54) is 23.5 Å². The molecular weight excluding hydrogens is 351 g/mol. The average molecular weight is 366 g/mol. The number of fused-ring (bicyclic) bond motifs is 1. The van der Waals surface area contributed by atoms with Crippen molar-refractivity contribution >= 4 is 27.3 Å². The molecule has 0 atom stereocenters. The first-order chi connectivity index (χ1) is 12.6. The quantitative estimate of drug-likeness (QED) is 0.598. The maximum Gasteiger partial charge on any atom is 0.261 e. The zero-order valence-electron chi connectivity index (χ0n) is 13.9. The first-order valence-electron chi connectivity index (χ1n) is 8.00. The van der Waals surface area contributed by atoms with Crippen LogP contribution in [0.15, 0.2) is 55.0 Å². The third-order valence-corrected chi connectivity index (χ3v) is 5.10. The Hall–Kier alpha value is -3.06. The zero-order chi connectivity index (χ0) is 18.1. The molecule has 0 aliphatic carbocycles. The van der Waals surface area contributed by atoms with Gasteiger partial charge in [-0.2, -0.15) is 5.10 Å². The number of carbonyl (C=O) groups excluding carboxylic acids is 1. The van der Waals surface area contributed by atoms with Crippen molar-refractivity contribution in [2.45, 2.75) is 6.54 Å². The fourth-order valence-electron chi connectivity index (χ4n) is 2.65. The number of nitrogens with one attached hydrogen (secondary N) is 1. The van der Waals surface area contributed by atoms with Crippen LogP contribution in [0.4, 0.5) is 4.39 Å². The number of amides is 1. The highest BCUT2D eigenvalue weighted by atomic mass is 32.1. The molecule has 0 unspecified atom stereocenters. The number of nitrogens with zero attached hydrogens (tertiary/aromatic N) is 3. The fourth-order valence-corrected chi connectivity index (χ4v) is 3.61. The van der Waals surface area contributed by atoms with E-state index in [4.69, 9.17) is 0 Å². The molecule has 5 nitrogen and oxygen atoms in total. The average Bonchev–Trinajstić information content (AvgIpc) is 3.26. The van der Waals surface area contributed by atoms with Gasteiger partial charge in [-0.25, -0.2) is 4.39 Å². The van der Waals surface area contributed by atoms with Crippen LogP contribution in [0.25, 0.3) is 21.3 Å². The summed E-state index contributed by atoms with van der Waals surface area (Å²) in [6, 6.07) is 10.1. The predicted octanol–water partition coefficient (Wildman–Crippen LogP) is 3.77. The lowest BCUT2D eigenvalue weighted by Gasteiger charge is -2.04. The normalized spacial score (nSPS) is 11.0. The number of benzene rings is 1. The van der Waals surface area contributed by atoms with Crippen molar-refractivity contribution < 1.29 is 9.18 Å². The highest BCUT2D eigenvalue weighted by molar-refractivity contribution is 7.20. The minimum absolute atomic E-state index is 0.178. The summed E-state index contributed by atoms with van der Waals surface area (Å²) in [5.74, 6) is -0.481. The molecular formula is C19H15FN4OS. The summed E-state index contributed by atoms with van der Waals surface area (Å²) in [6.45, 7) is 0.377. The maximum absolute atomic E-state index is 13.3. The molecule has 0 radical (unpaired) electrons. The minimum atomic E-state index is -0.304. The lowest BCUT2D eigenvalue weighted by atomic mass is 10.2. The highest BCUT2D eigenvalue weighted by Gasteiger charge is 2.11. The second-order valence-corrected chi connectivity index (χ2v) is 7.01. The van der Waals surface area contributed by atoms with Crippen LogP contribution in [-0.2, 0) is 13.6 Å². The molecule has 1 aromatic carbocycles. The molecule has 1 amide bonds. The number of hydrogen-bond donors (Lipinski definition) is 1. The number of halogens is 1. The summed E-state index contributed by atoms with van der Waals surface area (Å²) in [7, 11) is 1.86. The van der Waals surface area contributed by atoms with E-state index in [0.29, 0.717) is 11.4 Å². The topological polar surface area (TPSA) is 59.8 Å². The van der Waals surface area contributed by atoms with Gasteiger partial charge < -0.3 is 5.32 Å². The van der Waals surface area contributed by atoms with Gasteiger partial charge in [-0.1, -0.05) is 6.07 Å².